The van der Waals surface area contributed by atoms with Crippen LogP contribution in [0.25, 0.3) is 0 Å². The molecule has 1 aromatic heterocycles. The van der Waals surface area contributed by atoms with E-state index in [1.165, 1.54) is 18.6 Å². The third-order valence-corrected chi connectivity index (χ3v) is 4.02. The number of rotatable bonds is 2. The summed E-state index contributed by atoms with van der Waals surface area (Å²) in [6.45, 7) is 0. The first-order valence-electron chi connectivity index (χ1n) is 4.91. The third-order valence-electron chi connectivity index (χ3n) is 2.31. The number of hydrogen-bond donors (Lipinski definition) is 1. The van der Waals surface area contributed by atoms with E-state index in [1.54, 1.807) is 12.3 Å². The predicted octanol–water partition coefficient (Wildman–Crippen LogP) is 3.70. The molecule has 1 N–H and O–H groups in total. The summed E-state index contributed by atoms with van der Waals surface area (Å²) in [7, 11) is 0. The number of anilines is 1. The van der Waals surface area contributed by atoms with Crippen molar-refractivity contribution in [3.8, 4) is 0 Å². The SMILES string of the molecule is Clc1cnc(NC2CCCSC2)c(Cl)c1. The lowest BCUT2D eigenvalue weighted by Crippen LogP contribution is -2.26. The molecule has 15 heavy (non-hydrogen) atoms. The van der Waals surface area contributed by atoms with E-state index in [0.717, 1.165) is 11.6 Å². The van der Waals surface area contributed by atoms with Crippen LogP contribution in [0.15, 0.2) is 12.3 Å². The van der Waals surface area contributed by atoms with Gasteiger partial charge < -0.3 is 5.32 Å². The van der Waals surface area contributed by atoms with Gasteiger partial charge in [-0.15, -0.1) is 0 Å². The van der Waals surface area contributed by atoms with Gasteiger partial charge >= 0.3 is 0 Å². The molecular formula is C10H12Cl2N2S. The standard InChI is InChI=1S/C10H12Cl2N2S/c11-7-4-9(12)10(13-5-7)14-8-2-1-3-15-6-8/h4-5,8H,1-3,6H2,(H,13,14). The van der Waals surface area contributed by atoms with Crippen molar-refractivity contribution >= 4 is 40.8 Å². The van der Waals surface area contributed by atoms with Crippen LogP contribution in [0, 0.1) is 0 Å². The molecule has 0 amide bonds. The Bertz CT molecular complexity index is 340. The van der Waals surface area contributed by atoms with Crippen molar-refractivity contribution < 1.29 is 0 Å². The Morgan fingerprint density at radius 1 is 1.47 bits per heavy atom. The number of nitrogens with one attached hydrogen (secondary N) is 1. The smallest absolute Gasteiger partial charge is 0.145 e. The van der Waals surface area contributed by atoms with Gasteiger partial charge in [-0.2, -0.15) is 11.8 Å². The van der Waals surface area contributed by atoms with Crippen LogP contribution in [-0.2, 0) is 0 Å². The van der Waals surface area contributed by atoms with E-state index in [4.69, 9.17) is 23.2 Å². The molecule has 1 unspecified atom stereocenters. The van der Waals surface area contributed by atoms with Crippen molar-refractivity contribution in [2.75, 3.05) is 16.8 Å². The summed E-state index contributed by atoms with van der Waals surface area (Å²) in [5.41, 5.74) is 0. The zero-order valence-corrected chi connectivity index (χ0v) is 10.5. The molecule has 2 heterocycles. The lowest BCUT2D eigenvalue weighted by atomic mass is 10.2. The minimum absolute atomic E-state index is 0.481. The highest BCUT2D eigenvalue weighted by molar-refractivity contribution is 7.99. The Hall–Kier alpha value is -0.120. The average Bonchev–Trinajstić information content (AvgIpc) is 2.24. The van der Waals surface area contributed by atoms with Crippen molar-refractivity contribution in [3.63, 3.8) is 0 Å². The molecule has 1 fully saturated rings. The van der Waals surface area contributed by atoms with Crippen LogP contribution in [0.1, 0.15) is 12.8 Å². The van der Waals surface area contributed by atoms with Gasteiger partial charge in [-0.3, -0.25) is 0 Å². The first-order chi connectivity index (χ1) is 7.25. The highest BCUT2D eigenvalue weighted by Gasteiger charge is 2.15. The molecule has 2 nitrogen and oxygen atoms in total. The van der Waals surface area contributed by atoms with Gasteiger partial charge in [0.05, 0.1) is 10.0 Å². The minimum Gasteiger partial charge on any atom is -0.365 e. The van der Waals surface area contributed by atoms with Crippen LogP contribution in [-0.4, -0.2) is 22.5 Å². The number of thioether (sulfide) groups is 1. The van der Waals surface area contributed by atoms with Gasteiger partial charge in [-0.1, -0.05) is 23.2 Å². The summed E-state index contributed by atoms with van der Waals surface area (Å²) >= 11 is 13.8. The molecule has 1 atom stereocenters. The van der Waals surface area contributed by atoms with E-state index < -0.39 is 0 Å². The molecule has 1 saturated heterocycles. The fourth-order valence-corrected chi connectivity index (χ4v) is 3.08. The van der Waals surface area contributed by atoms with Crippen LogP contribution in [0.5, 0.6) is 0 Å². The Kier molecular flexibility index (Phi) is 4.00. The van der Waals surface area contributed by atoms with Gasteiger partial charge in [0.1, 0.15) is 5.82 Å². The Morgan fingerprint density at radius 2 is 2.33 bits per heavy atom. The summed E-state index contributed by atoms with van der Waals surface area (Å²) in [4.78, 5) is 4.19. The van der Waals surface area contributed by atoms with Crippen LogP contribution >= 0.6 is 35.0 Å². The van der Waals surface area contributed by atoms with Crippen LogP contribution in [0.3, 0.4) is 0 Å². The number of hydrogen-bond acceptors (Lipinski definition) is 3. The number of pyridine rings is 1. The minimum atomic E-state index is 0.481. The van der Waals surface area contributed by atoms with E-state index in [-0.39, 0.29) is 0 Å². The van der Waals surface area contributed by atoms with Crippen molar-refractivity contribution in [3.05, 3.63) is 22.3 Å². The summed E-state index contributed by atoms with van der Waals surface area (Å²) < 4.78 is 0. The van der Waals surface area contributed by atoms with Gasteiger partial charge in [0.2, 0.25) is 0 Å². The third kappa shape index (κ3) is 3.16. The summed E-state index contributed by atoms with van der Waals surface area (Å²) in [5.74, 6) is 3.13. The monoisotopic (exact) mass is 262 g/mol. The van der Waals surface area contributed by atoms with E-state index in [9.17, 15) is 0 Å². The largest absolute Gasteiger partial charge is 0.365 e. The highest BCUT2D eigenvalue weighted by atomic mass is 35.5. The number of aromatic nitrogens is 1. The maximum absolute atomic E-state index is 6.03. The molecular weight excluding hydrogens is 251 g/mol. The second kappa shape index (κ2) is 5.28. The zero-order valence-electron chi connectivity index (χ0n) is 8.17. The second-order valence-electron chi connectivity index (χ2n) is 3.54. The maximum atomic E-state index is 6.03. The molecule has 0 radical (unpaired) electrons. The van der Waals surface area contributed by atoms with Crippen LogP contribution in [0.2, 0.25) is 10.0 Å². The number of nitrogens with zero attached hydrogens (tertiary/aromatic N) is 1. The molecule has 5 heteroatoms. The molecule has 0 saturated carbocycles. The summed E-state index contributed by atoms with van der Waals surface area (Å²) in [6, 6.07) is 2.20. The fraction of sp³-hybridized carbons (Fsp3) is 0.500. The van der Waals surface area contributed by atoms with Crippen LogP contribution < -0.4 is 5.32 Å². The quantitative estimate of drug-likeness (QED) is 0.880. The molecule has 1 aromatic rings. The van der Waals surface area contributed by atoms with Gasteiger partial charge in [-0.25, -0.2) is 4.98 Å². The normalized spacial score (nSPS) is 21.3. The van der Waals surface area contributed by atoms with Crippen molar-refractivity contribution in [1.82, 2.24) is 4.98 Å². The molecule has 0 aromatic carbocycles. The van der Waals surface area contributed by atoms with Gasteiger partial charge in [0.25, 0.3) is 0 Å². The predicted molar refractivity (Wildman–Crippen MR) is 68.2 cm³/mol. The Labute approximate surface area is 104 Å². The van der Waals surface area contributed by atoms with Crippen molar-refractivity contribution in [2.45, 2.75) is 18.9 Å². The lowest BCUT2D eigenvalue weighted by molar-refractivity contribution is 0.682. The van der Waals surface area contributed by atoms with Gasteiger partial charge in [0.15, 0.2) is 0 Å². The molecule has 2 rings (SSSR count). The van der Waals surface area contributed by atoms with Gasteiger partial charge in [-0.05, 0) is 24.7 Å². The Morgan fingerprint density at radius 3 is 3.00 bits per heavy atom. The molecule has 1 aliphatic heterocycles. The molecule has 82 valence electrons. The Balaban J connectivity index is 2.03. The molecule has 0 bridgehead atoms. The van der Waals surface area contributed by atoms with Crippen molar-refractivity contribution in [1.29, 1.82) is 0 Å². The molecule has 1 aliphatic rings. The van der Waals surface area contributed by atoms with E-state index in [2.05, 4.69) is 10.3 Å². The maximum Gasteiger partial charge on any atom is 0.145 e. The molecule has 0 spiro atoms. The average molecular weight is 263 g/mol. The first kappa shape index (κ1) is 11.4. The topological polar surface area (TPSA) is 24.9 Å². The second-order valence-corrected chi connectivity index (χ2v) is 5.54. The summed E-state index contributed by atoms with van der Waals surface area (Å²) in [6.07, 6.45) is 4.06. The fourth-order valence-electron chi connectivity index (χ4n) is 1.57. The highest BCUT2D eigenvalue weighted by Crippen LogP contribution is 2.26. The van der Waals surface area contributed by atoms with Crippen molar-refractivity contribution in [2.24, 2.45) is 0 Å². The first-order valence-corrected chi connectivity index (χ1v) is 6.82. The van der Waals surface area contributed by atoms with Gasteiger partial charge in [0, 0.05) is 18.0 Å². The van der Waals surface area contributed by atoms with E-state index in [1.807, 2.05) is 11.8 Å². The summed E-state index contributed by atoms with van der Waals surface area (Å²) in [5, 5.41) is 4.52. The van der Waals surface area contributed by atoms with E-state index >= 15 is 0 Å². The number of halogens is 2. The van der Waals surface area contributed by atoms with Crippen LogP contribution in [0.4, 0.5) is 5.82 Å². The van der Waals surface area contributed by atoms with E-state index in [0.29, 0.717) is 16.1 Å². The zero-order chi connectivity index (χ0) is 10.7. The molecule has 0 aliphatic carbocycles. The lowest BCUT2D eigenvalue weighted by Gasteiger charge is -2.23.